The number of esters is 1. The standard InChI is InChI=1S/C21H17FN2O4S2/c22-15-7-5-14(6-8-15)11-17(18-4-2-10-30-18)20(26)28-13-19(25)24-21(27)23-12-16-3-1-9-29-16/h1-11H,12-13H2,(H2,23,24,25,27)/b17-11+. The van der Waals surface area contributed by atoms with Crippen LogP contribution < -0.4 is 10.6 Å². The van der Waals surface area contributed by atoms with Gasteiger partial charge in [0.1, 0.15) is 5.82 Å². The van der Waals surface area contributed by atoms with E-state index in [-0.39, 0.29) is 11.4 Å². The van der Waals surface area contributed by atoms with Gasteiger partial charge in [0.05, 0.1) is 12.1 Å². The molecular formula is C21H17FN2O4S2. The molecular weight excluding hydrogens is 427 g/mol. The molecule has 0 bridgehead atoms. The van der Waals surface area contributed by atoms with Gasteiger partial charge < -0.3 is 10.1 Å². The van der Waals surface area contributed by atoms with Crippen LogP contribution in [-0.2, 0) is 20.9 Å². The Bertz CT molecular complexity index is 1030. The third-order valence-corrected chi connectivity index (χ3v) is 5.56. The molecule has 6 nitrogen and oxygen atoms in total. The van der Waals surface area contributed by atoms with Gasteiger partial charge in [-0.1, -0.05) is 24.3 Å². The monoisotopic (exact) mass is 444 g/mol. The number of carbonyl (C=O) groups excluding carboxylic acids is 3. The fourth-order valence-corrected chi connectivity index (χ4v) is 3.76. The van der Waals surface area contributed by atoms with Gasteiger partial charge in [-0.25, -0.2) is 14.0 Å². The maximum atomic E-state index is 13.1. The van der Waals surface area contributed by atoms with Crippen LogP contribution in [0.5, 0.6) is 0 Å². The van der Waals surface area contributed by atoms with E-state index in [0.717, 1.165) is 4.88 Å². The van der Waals surface area contributed by atoms with E-state index in [9.17, 15) is 18.8 Å². The van der Waals surface area contributed by atoms with E-state index in [4.69, 9.17) is 4.74 Å². The van der Waals surface area contributed by atoms with Gasteiger partial charge in [-0.2, -0.15) is 0 Å². The van der Waals surface area contributed by atoms with E-state index >= 15 is 0 Å². The zero-order chi connectivity index (χ0) is 21.3. The maximum Gasteiger partial charge on any atom is 0.340 e. The van der Waals surface area contributed by atoms with Crippen LogP contribution in [0.3, 0.4) is 0 Å². The Labute approximate surface area is 180 Å². The number of thiophene rings is 2. The zero-order valence-corrected chi connectivity index (χ0v) is 17.2. The minimum atomic E-state index is -0.751. The second-order valence-electron chi connectivity index (χ2n) is 5.97. The Morgan fingerprint density at radius 2 is 1.73 bits per heavy atom. The highest BCUT2D eigenvalue weighted by molar-refractivity contribution is 7.11. The number of carbonyl (C=O) groups is 3. The number of hydrogen-bond acceptors (Lipinski definition) is 6. The van der Waals surface area contributed by atoms with Crippen molar-refractivity contribution in [2.24, 2.45) is 0 Å². The van der Waals surface area contributed by atoms with E-state index < -0.39 is 24.5 Å². The molecule has 30 heavy (non-hydrogen) atoms. The minimum Gasteiger partial charge on any atom is -0.452 e. The highest BCUT2D eigenvalue weighted by Gasteiger charge is 2.17. The Kier molecular flexibility index (Phi) is 7.47. The SMILES string of the molecule is O=C(COC(=O)/C(=C/c1ccc(F)cc1)c1cccs1)NC(=O)NCc1cccs1. The average molecular weight is 445 g/mol. The topological polar surface area (TPSA) is 84.5 Å². The van der Waals surface area contributed by atoms with Crippen LogP contribution in [0.2, 0.25) is 0 Å². The molecule has 1 aromatic carbocycles. The van der Waals surface area contributed by atoms with Crippen molar-refractivity contribution in [3.8, 4) is 0 Å². The van der Waals surface area contributed by atoms with Gasteiger partial charge in [-0.15, -0.1) is 22.7 Å². The highest BCUT2D eigenvalue weighted by atomic mass is 32.1. The molecule has 0 radical (unpaired) electrons. The summed E-state index contributed by atoms with van der Waals surface area (Å²) in [4.78, 5) is 37.8. The van der Waals surface area contributed by atoms with Crippen molar-refractivity contribution >= 4 is 52.2 Å². The van der Waals surface area contributed by atoms with Crippen molar-refractivity contribution in [3.05, 3.63) is 80.4 Å². The summed E-state index contributed by atoms with van der Waals surface area (Å²) in [6.45, 7) is -0.323. The molecule has 2 aromatic heterocycles. The predicted octanol–water partition coefficient (Wildman–Crippen LogP) is 4.06. The lowest BCUT2D eigenvalue weighted by atomic mass is 10.1. The summed E-state index contributed by atoms with van der Waals surface area (Å²) in [5, 5.41) is 8.33. The van der Waals surface area contributed by atoms with Crippen molar-refractivity contribution in [2.45, 2.75) is 6.54 Å². The van der Waals surface area contributed by atoms with Crippen molar-refractivity contribution in [3.63, 3.8) is 0 Å². The lowest BCUT2D eigenvalue weighted by Crippen LogP contribution is -2.41. The first-order valence-electron chi connectivity index (χ1n) is 8.79. The number of ether oxygens (including phenoxy) is 1. The maximum absolute atomic E-state index is 13.1. The number of imide groups is 1. The number of nitrogens with one attached hydrogen (secondary N) is 2. The first-order chi connectivity index (χ1) is 14.5. The smallest absolute Gasteiger partial charge is 0.340 e. The molecule has 0 aliphatic carbocycles. The van der Waals surface area contributed by atoms with Crippen molar-refractivity contribution in [1.82, 2.24) is 10.6 Å². The van der Waals surface area contributed by atoms with Crippen molar-refractivity contribution in [1.29, 1.82) is 0 Å². The number of hydrogen-bond donors (Lipinski definition) is 2. The quantitative estimate of drug-likeness (QED) is 0.425. The fraction of sp³-hybridized carbons (Fsp3) is 0.0952. The summed E-state index contributed by atoms with van der Waals surface area (Å²) in [7, 11) is 0. The molecule has 2 N–H and O–H groups in total. The summed E-state index contributed by atoms with van der Waals surface area (Å²) < 4.78 is 18.2. The summed E-state index contributed by atoms with van der Waals surface area (Å²) in [6.07, 6.45) is 1.55. The molecule has 3 aromatic rings. The minimum absolute atomic E-state index is 0.228. The number of amides is 3. The predicted molar refractivity (Wildman–Crippen MR) is 114 cm³/mol. The summed E-state index contributed by atoms with van der Waals surface area (Å²) >= 11 is 2.80. The van der Waals surface area contributed by atoms with Crippen LogP contribution >= 0.6 is 22.7 Å². The van der Waals surface area contributed by atoms with Crippen LogP contribution in [-0.4, -0.2) is 24.5 Å². The largest absolute Gasteiger partial charge is 0.452 e. The lowest BCUT2D eigenvalue weighted by Gasteiger charge is -2.08. The van der Waals surface area contributed by atoms with Gasteiger partial charge in [-0.05, 0) is 46.7 Å². The molecule has 9 heteroatoms. The normalized spacial score (nSPS) is 11.0. The second-order valence-corrected chi connectivity index (χ2v) is 7.95. The summed E-state index contributed by atoms with van der Waals surface area (Å²) in [6, 6.07) is 12.2. The average Bonchev–Trinajstić information content (AvgIpc) is 3.44. The number of halogens is 1. The lowest BCUT2D eigenvalue weighted by molar-refractivity contribution is -0.142. The van der Waals surface area contributed by atoms with Gasteiger partial charge in [0.15, 0.2) is 6.61 Å². The van der Waals surface area contributed by atoms with Crippen LogP contribution in [0.1, 0.15) is 15.3 Å². The molecule has 3 rings (SSSR count). The number of rotatable bonds is 7. The van der Waals surface area contributed by atoms with Crippen LogP contribution in [0, 0.1) is 5.82 Å². The summed E-state index contributed by atoms with van der Waals surface area (Å²) in [5.74, 6) is -1.86. The Hall–Kier alpha value is -3.30. The Balaban J connectivity index is 1.57. The van der Waals surface area contributed by atoms with Gasteiger partial charge in [0.25, 0.3) is 5.91 Å². The number of benzene rings is 1. The van der Waals surface area contributed by atoms with E-state index in [1.54, 1.807) is 23.6 Å². The molecule has 0 unspecified atom stereocenters. The van der Waals surface area contributed by atoms with Crippen LogP contribution in [0.4, 0.5) is 9.18 Å². The molecule has 0 atom stereocenters. The fourth-order valence-electron chi connectivity index (χ4n) is 2.38. The van der Waals surface area contributed by atoms with Gasteiger partial charge in [0.2, 0.25) is 0 Å². The van der Waals surface area contributed by atoms with E-state index in [1.807, 2.05) is 17.5 Å². The Morgan fingerprint density at radius 3 is 2.40 bits per heavy atom. The first kappa shape index (κ1) is 21.4. The van der Waals surface area contributed by atoms with E-state index in [1.165, 1.54) is 46.9 Å². The molecule has 154 valence electrons. The molecule has 0 fully saturated rings. The third kappa shape index (κ3) is 6.36. The molecule has 0 saturated heterocycles. The summed E-state index contributed by atoms with van der Waals surface area (Å²) in [5.41, 5.74) is 0.834. The van der Waals surface area contributed by atoms with Gasteiger partial charge in [0, 0.05) is 9.75 Å². The third-order valence-electron chi connectivity index (χ3n) is 3.78. The van der Waals surface area contributed by atoms with Crippen molar-refractivity contribution < 1.29 is 23.5 Å². The highest BCUT2D eigenvalue weighted by Crippen LogP contribution is 2.24. The number of urea groups is 1. The molecule has 3 amide bonds. The zero-order valence-electron chi connectivity index (χ0n) is 15.6. The Morgan fingerprint density at radius 1 is 1.00 bits per heavy atom. The van der Waals surface area contributed by atoms with Gasteiger partial charge >= 0.3 is 12.0 Å². The first-order valence-corrected chi connectivity index (χ1v) is 10.6. The van der Waals surface area contributed by atoms with Crippen molar-refractivity contribution in [2.75, 3.05) is 6.61 Å². The van der Waals surface area contributed by atoms with E-state index in [2.05, 4.69) is 10.6 Å². The molecule has 0 aliphatic rings. The molecule has 0 aliphatic heterocycles. The van der Waals surface area contributed by atoms with E-state index in [0.29, 0.717) is 17.0 Å². The van der Waals surface area contributed by atoms with Gasteiger partial charge in [-0.3, -0.25) is 10.1 Å². The molecule has 0 saturated carbocycles. The molecule has 2 heterocycles. The second kappa shape index (κ2) is 10.5. The van der Waals surface area contributed by atoms with Crippen LogP contribution in [0.15, 0.2) is 59.3 Å². The van der Waals surface area contributed by atoms with Crippen LogP contribution in [0.25, 0.3) is 11.6 Å². The molecule has 0 spiro atoms.